The average molecular weight is 196 g/mol. The van der Waals surface area contributed by atoms with E-state index in [1.165, 1.54) is 19.0 Å². The zero-order valence-electron chi connectivity index (χ0n) is 8.42. The summed E-state index contributed by atoms with van der Waals surface area (Å²) in [5.41, 5.74) is 1.05. The first-order valence-electron chi connectivity index (χ1n) is 5.01. The van der Waals surface area contributed by atoms with E-state index in [4.69, 9.17) is 5.11 Å². The molecule has 1 rings (SSSR count). The van der Waals surface area contributed by atoms with Crippen LogP contribution in [0.2, 0.25) is 0 Å². The summed E-state index contributed by atoms with van der Waals surface area (Å²) in [6, 6.07) is 0. The van der Waals surface area contributed by atoms with Crippen molar-refractivity contribution in [3.63, 3.8) is 0 Å². The molecule has 1 aromatic rings. The first kappa shape index (κ1) is 10.8. The van der Waals surface area contributed by atoms with Crippen molar-refractivity contribution < 1.29 is 9.90 Å². The standard InChI is InChI=1S/C10H16N2O2/c1-2-3-4-5-6-9-8(10(13)14)7-11-12-9/h7H,2-6H2,1H3,(H,11,12)(H,13,14). The number of carboxylic acids is 1. The molecule has 1 aromatic heterocycles. The van der Waals surface area contributed by atoms with Gasteiger partial charge in [0.15, 0.2) is 0 Å². The van der Waals surface area contributed by atoms with Gasteiger partial charge in [0, 0.05) is 5.69 Å². The topological polar surface area (TPSA) is 66.0 Å². The fraction of sp³-hybridized carbons (Fsp3) is 0.600. The van der Waals surface area contributed by atoms with Crippen molar-refractivity contribution in [2.75, 3.05) is 0 Å². The fourth-order valence-electron chi connectivity index (χ4n) is 1.42. The van der Waals surface area contributed by atoms with Crippen LogP contribution >= 0.6 is 0 Å². The summed E-state index contributed by atoms with van der Waals surface area (Å²) < 4.78 is 0. The van der Waals surface area contributed by atoms with E-state index in [2.05, 4.69) is 17.1 Å². The number of nitrogens with one attached hydrogen (secondary N) is 1. The maximum Gasteiger partial charge on any atom is 0.339 e. The molecule has 0 amide bonds. The van der Waals surface area contributed by atoms with Crippen LogP contribution in [-0.4, -0.2) is 21.3 Å². The van der Waals surface area contributed by atoms with Crippen LogP contribution in [0.15, 0.2) is 6.20 Å². The van der Waals surface area contributed by atoms with Gasteiger partial charge < -0.3 is 5.11 Å². The monoisotopic (exact) mass is 196 g/mol. The molecule has 78 valence electrons. The van der Waals surface area contributed by atoms with Crippen LogP contribution < -0.4 is 0 Å². The Hall–Kier alpha value is -1.32. The third kappa shape index (κ3) is 2.87. The van der Waals surface area contributed by atoms with E-state index in [9.17, 15) is 4.79 Å². The second kappa shape index (κ2) is 5.42. The van der Waals surface area contributed by atoms with E-state index in [0.29, 0.717) is 5.56 Å². The summed E-state index contributed by atoms with van der Waals surface area (Å²) in [6.07, 6.45) is 6.72. The third-order valence-electron chi connectivity index (χ3n) is 2.23. The second-order valence-corrected chi connectivity index (χ2v) is 3.38. The summed E-state index contributed by atoms with van der Waals surface area (Å²) in [5, 5.41) is 15.3. The van der Waals surface area contributed by atoms with E-state index in [-0.39, 0.29) is 0 Å². The quantitative estimate of drug-likeness (QED) is 0.685. The molecule has 0 aromatic carbocycles. The molecule has 0 aliphatic rings. The highest BCUT2D eigenvalue weighted by atomic mass is 16.4. The number of hydrogen-bond donors (Lipinski definition) is 2. The molecule has 0 aliphatic carbocycles. The van der Waals surface area contributed by atoms with E-state index in [0.717, 1.165) is 25.0 Å². The molecule has 0 spiro atoms. The molecule has 1 heterocycles. The number of H-pyrrole nitrogens is 1. The summed E-state index contributed by atoms with van der Waals surface area (Å²) >= 11 is 0. The number of aromatic amines is 1. The Morgan fingerprint density at radius 3 is 2.93 bits per heavy atom. The summed E-state index contributed by atoms with van der Waals surface area (Å²) in [7, 11) is 0. The van der Waals surface area contributed by atoms with Crippen molar-refractivity contribution >= 4 is 5.97 Å². The zero-order valence-corrected chi connectivity index (χ0v) is 8.42. The van der Waals surface area contributed by atoms with Crippen LogP contribution in [0.4, 0.5) is 0 Å². The van der Waals surface area contributed by atoms with Crippen molar-refractivity contribution in [3.05, 3.63) is 17.5 Å². The number of carbonyl (C=O) groups is 1. The van der Waals surface area contributed by atoms with Gasteiger partial charge in [-0.1, -0.05) is 26.2 Å². The van der Waals surface area contributed by atoms with Crippen molar-refractivity contribution in [1.29, 1.82) is 0 Å². The number of nitrogens with zero attached hydrogens (tertiary/aromatic N) is 1. The molecule has 0 unspecified atom stereocenters. The van der Waals surface area contributed by atoms with Gasteiger partial charge in [-0.05, 0) is 12.8 Å². The maximum atomic E-state index is 10.7. The summed E-state index contributed by atoms with van der Waals surface area (Å²) in [6.45, 7) is 2.15. The Labute approximate surface area is 83.3 Å². The van der Waals surface area contributed by atoms with Crippen LogP contribution in [0.3, 0.4) is 0 Å². The molecule has 4 nitrogen and oxygen atoms in total. The lowest BCUT2D eigenvalue weighted by Gasteiger charge is -1.99. The first-order valence-corrected chi connectivity index (χ1v) is 5.01. The maximum absolute atomic E-state index is 10.7. The van der Waals surface area contributed by atoms with Gasteiger partial charge in [-0.3, -0.25) is 5.10 Å². The van der Waals surface area contributed by atoms with Gasteiger partial charge in [0.1, 0.15) is 5.56 Å². The summed E-state index contributed by atoms with van der Waals surface area (Å²) in [5.74, 6) is -0.899. The van der Waals surface area contributed by atoms with E-state index in [1.807, 2.05) is 0 Å². The van der Waals surface area contributed by atoms with Crippen LogP contribution in [0.5, 0.6) is 0 Å². The van der Waals surface area contributed by atoms with Gasteiger partial charge in [0.25, 0.3) is 0 Å². The molecule has 0 bridgehead atoms. The molecular weight excluding hydrogens is 180 g/mol. The second-order valence-electron chi connectivity index (χ2n) is 3.38. The van der Waals surface area contributed by atoms with E-state index < -0.39 is 5.97 Å². The van der Waals surface area contributed by atoms with Crippen molar-refractivity contribution in [2.45, 2.75) is 39.0 Å². The lowest BCUT2D eigenvalue weighted by Crippen LogP contribution is -2.00. The zero-order chi connectivity index (χ0) is 10.4. The van der Waals surface area contributed by atoms with Gasteiger partial charge in [-0.25, -0.2) is 4.79 Å². The number of aryl methyl sites for hydroxylation is 1. The predicted molar refractivity (Wildman–Crippen MR) is 53.4 cm³/mol. The number of hydrogen-bond acceptors (Lipinski definition) is 2. The minimum absolute atomic E-state index is 0.307. The Bertz CT molecular complexity index is 294. The molecule has 0 saturated heterocycles. The molecule has 2 N–H and O–H groups in total. The number of unbranched alkanes of at least 4 members (excludes halogenated alkanes) is 3. The van der Waals surface area contributed by atoms with Crippen LogP contribution in [0, 0.1) is 0 Å². The number of rotatable bonds is 6. The van der Waals surface area contributed by atoms with Gasteiger partial charge in [0.05, 0.1) is 6.20 Å². The molecule has 14 heavy (non-hydrogen) atoms. The van der Waals surface area contributed by atoms with Gasteiger partial charge in [-0.2, -0.15) is 5.10 Å². The Morgan fingerprint density at radius 1 is 1.50 bits per heavy atom. The van der Waals surface area contributed by atoms with Crippen molar-refractivity contribution in [3.8, 4) is 0 Å². The predicted octanol–water partition coefficient (Wildman–Crippen LogP) is 2.23. The Kier molecular flexibility index (Phi) is 4.16. The van der Waals surface area contributed by atoms with Crippen molar-refractivity contribution in [1.82, 2.24) is 10.2 Å². The molecule has 4 heteroatoms. The number of aromatic carboxylic acids is 1. The van der Waals surface area contributed by atoms with Gasteiger partial charge in [0.2, 0.25) is 0 Å². The van der Waals surface area contributed by atoms with Crippen LogP contribution in [-0.2, 0) is 6.42 Å². The lowest BCUT2D eigenvalue weighted by molar-refractivity contribution is 0.0695. The molecular formula is C10H16N2O2. The van der Waals surface area contributed by atoms with Crippen LogP contribution in [0.25, 0.3) is 0 Å². The SMILES string of the molecule is CCCCCCc1[nH]ncc1C(=O)O. The first-order chi connectivity index (χ1) is 6.75. The normalized spacial score (nSPS) is 10.4. The highest BCUT2D eigenvalue weighted by Gasteiger charge is 2.10. The van der Waals surface area contributed by atoms with Gasteiger partial charge in [-0.15, -0.1) is 0 Å². The molecule has 0 atom stereocenters. The Morgan fingerprint density at radius 2 is 2.29 bits per heavy atom. The smallest absolute Gasteiger partial charge is 0.339 e. The van der Waals surface area contributed by atoms with Crippen LogP contribution in [0.1, 0.15) is 48.7 Å². The lowest BCUT2D eigenvalue weighted by atomic mass is 10.1. The molecule has 0 saturated carbocycles. The summed E-state index contributed by atoms with van der Waals surface area (Å²) in [4.78, 5) is 10.7. The molecule has 0 radical (unpaired) electrons. The minimum Gasteiger partial charge on any atom is -0.478 e. The molecule has 0 aliphatic heterocycles. The number of aromatic nitrogens is 2. The largest absolute Gasteiger partial charge is 0.478 e. The van der Waals surface area contributed by atoms with E-state index >= 15 is 0 Å². The minimum atomic E-state index is -0.899. The number of carboxylic acid groups (broad SMARTS) is 1. The molecule has 0 fully saturated rings. The fourth-order valence-corrected chi connectivity index (χ4v) is 1.42. The average Bonchev–Trinajstić information content (AvgIpc) is 2.60. The Balaban J connectivity index is 2.42. The van der Waals surface area contributed by atoms with Crippen molar-refractivity contribution in [2.24, 2.45) is 0 Å². The highest BCUT2D eigenvalue weighted by molar-refractivity contribution is 5.88. The van der Waals surface area contributed by atoms with Gasteiger partial charge >= 0.3 is 5.97 Å². The van der Waals surface area contributed by atoms with E-state index in [1.54, 1.807) is 0 Å². The third-order valence-corrected chi connectivity index (χ3v) is 2.23. The highest BCUT2D eigenvalue weighted by Crippen LogP contribution is 2.10.